The van der Waals surface area contributed by atoms with Crippen LogP contribution < -0.4 is 5.32 Å². The van der Waals surface area contributed by atoms with Crippen LogP contribution in [-0.4, -0.2) is 11.0 Å². The molecule has 0 unspecified atom stereocenters. The van der Waals surface area contributed by atoms with Crippen molar-refractivity contribution >= 4 is 0 Å². The standard InChI is InChI=1S/C17H17N3/c1-12-2-3-14(11-20-16-4-5-16)17(6-12)15-7-13(8-18)9-19-10-15/h2-3,6-7,9-10,16,20H,4-5,11H2,1H3. The van der Waals surface area contributed by atoms with E-state index in [1.165, 1.54) is 29.5 Å². The number of pyridine rings is 1. The zero-order valence-electron chi connectivity index (χ0n) is 11.6. The van der Waals surface area contributed by atoms with Gasteiger partial charge < -0.3 is 5.32 Å². The first-order chi connectivity index (χ1) is 9.76. The second-order valence-corrected chi connectivity index (χ2v) is 5.39. The molecule has 0 radical (unpaired) electrons. The quantitative estimate of drug-likeness (QED) is 0.921. The van der Waals surface area contributed by atoms with Gasteiger partial charge in [0.1, 0.15) is 6.07 Å². The number of hydrogen-bond acceptors (Lipinski definition) is 3. The number of rotatable bonds is 4. The Morgan fingerprint density at radius 3 is 2.90 bits per heavy atom. The van der Waals surface area contributed by atoms with Crippen LogP contribution in [0.1, 0.15) is 29.5 Å². The second-order valence-electron chi connectivity index (χ2n) is 5.39. The van der Waals surface area contributed by atoms with Crippen molar-refractivity contribution in [1.29, 1.82) is 5.26 Å². The molecule has 1 aromatic heterocycles. The summed E-state index contributed by atoms with van der Waals surface area (Å²) in [5.74, 6) is 0. The molecule has 1 aliphatic rings. The van der Waals surface area contributed by atoms with E-state index in [9.17, 15) is 0 Å². The van der Waals surface area contributed by atoms with E-state index in [4.69, 9.17) is 5.26 Å². The number of benzene rings is 1. The van der Waals surface area contributed by atoms with Crippen LogP contribution in [0, 0.1) is 18.3 Å². The predicted molar refractivity (Wildman–Crippen MR) is 79.0 cm³/mol. The van der Waals surface area contributed by atoms with Gasteiger partial charge in [0.2, 0.25) is 0 Å². The molecular weight excluding hydrogens is 246 g/mol. The van der Waals surface area contributed by atoms with Gasteiger partial charge in [-0.25, -0.2) is 0 Å². The molecule has 20 heavy (non-hydrogen) atoms. The molecule has 0 aliphatic heterocycles. The fourth-order valence-electron chi connectivity index (χ4n) is 2.30. The lowest BCUT2D eigenvalue weighted by atomic mass is 9.98. The van der Waals surface area contributed by atoms with Crippen LogP contribution in [0.25, 0.3) is 11.1 Å². The first-order valence-corrected chi connectivity index (χ1v) is 6.95. The third-order valence-corrected chi connectivity index (χ3v) is 3.60. The third kappa shape index (κ3) is 2.87. The Kier molecular flexibility index (Phi) is 3.49. The summed E-state index contributed by atoms with van der Waals surface area (Å²) in [7, 11) is 0. The van der Waals surface area contributed by atoms with Crippen LogP contribution in [0.3, 0.4) is 0 Å². The van der Waals surface area contributed by atoms with E-state index in [1.807, 2.05) is 12.3 Å². The molecule has 1 N–H and O–H groups in total. The van der Waals surface area contributed by atoms with Crippen molar-refractivity contribution < 1.29 is 0 Å². The summed E-state index contributed by atoms with van der Waals surface area (Å²) in [5.41, 5.74) is 5.27. The number of hydrogen-bond donors (Lipinski definition) is 1. The summed E-state index contributed by atoms with van der Waals surface area (Å²) in [5, 5.41) is 12.6. The SMILES string of the molecule is Cc1ccc(CNC2CC2)c(-c2cncc(C#N)c2)c1. The average Bonchev–Trinajstić information content (AvgIpc) is 3.30. The van der Waals surface area contributed by atoms with Crippen molar-refractivity contribution in [3.05, 3.63) is 53.3 Å². The lowest BCUT2D eigenvalue weighted by Gasteiger charge is -2.12. The molecule has 0 saturated heterocycles. The Bertz CT molecular complexity index is 666. The molecule has 0 spiro atoms. The minimum Gasteiger partial charge on any atom is -0.310 e. The molecular formula is C17H17N3. The molecule has 1 aliphatic carbocycles. The molecule has 1 saturated carbocycles. The van der Waals surface area contributed by atoms with Crippen molar-refractivity contribution in [3.63, 3.8) is 0 Å². The zero-order valence-corrected chi connectivity index (χ0v) is 11.6. The normalized spacial score (nSPS) is 14.0. The van der Waals surface area contributed by atoms with Gasteiger partial charge in [0.25, 0.3) is 0 Å². The van der Waals surface area contributed by atoms with Gasteiger partial charge >= 0.3 is 0 Å². The lowest BCUT2D eigenvalue weighted by molar-refractivity contribution is 0.688. The van der Waals surface area contributed by atoms with Crippen molar-refractivity contribution in [1.82, 2.24) is 10.3 Å². The molecule has 3 nitrogen and oxygen atoms in total. The molecule has 1 fully saturated rings. The van der Waals surface area contributed by atoms with Crippen LogP contribution in [0.15, 0.2) is 36.7 Å². The summed E-state index contributed by atoms with van der Waals surface area (Å²) < 4.78 is 0. The highest BCUT2D eigenvalue weighted by Gasteiger charge is 2.20. The van der Waals surface area contributed by atoms with E-state index >= 15 is 0 Å². The molecule has 0 bridgehead atoms. The first kappa shape index (κ1) is 12.8. The molecule has 1 aromatic carbocycles. The van der Waals surface area contributed by atoms with Crippen molar-refractivity contribution in [2.75, 3.05) is 0 Å². The van der Waals surface area contributed by atoms with Gasteiger partial charge in [-0.2, -0.15) is 5.26 Å². The van der Waals surface area contributed by atoms with Gasteiger partial charge in [-0.3, -0.25) is 4.98 Å². The number of aromatic nitrogens is 1. The number of nitrogens with zero attached hydrogens (tertiary/aromatic N) is 2. The van der Waals surface area contributed by atoms with Gasteiger partial charge in [0, 0.05) is 30.5 Å². The van der Waals surface area contributed by atoms with Crippen molar-refractivity contribution in [2.24, 2.45) is 0 Å². The molecule has 0 amide bonds. The van der Waals surface area contributed by atoms with Gasteiger partial charge in [-0.1, -0.05) is 23.8 Å². The Morgan fingerprint density at radius 1 is 1.30 bits per heavy atom. The van der Waals surface area contributed by atoms with Gasteiger partial charge in [-0.15, -0.1) is 0 Å². The van der Waals surface area contributed by atoms with Crippen LogP contribution in [0.2, 0.25) is 0 Å². The van der Waals surface area contributed by atoms with Crippen LogP contribution in [0.5, 0.6) is 0 Å². The van der Waals surface area contributed by atoms with Gasteiger partial charge in [0.05, 0.1) is 5.56 Å². The molecule has 2 aromatic rings. The lowest BCUT2D eigenvalue weighted by Crippen LogP contribution is -2.15. The smallest absolute Gasteiger partial charge is 0.101 e. The molecule has 0 atom stereocenters. The highest BCUT2D eigenvalue weighted by molar-refractivity contribution is 5.68. The minimum atomic E-state index is 0.602. The monoisotopic (exact) mass is 263 g/mol. The van der Waals surface area contributed by atoms with Crippen LogP contribution in [-0.2, 0) is 6.54 Å². The fraction of sp³-hybridized carbons (Fsp3) is 0.294. The summed E-state index contributed by atoms with van der Waals surface area (Å²) in [6.45, 7) is 2.96. The highest BCUT2D eigenvalue weighted by atomic mass is 14.9. The summed E-state index contributed by atoms with van der Waals surface area (Å²) >= 11 is 0. The summed E-state index contributed by atoms with van der Waals surface area (Å²) in [6, 6.07) is 11.2. The maximum absolute atomic E-state index is 9.01. The average molecular weight is 263 g/mol. The Labute approximate surface area is 119 Å². The molecule has 3 rings (SSSR count). The van der Waals surface area contributed by atoms with E-state index in [2.05, 4.69) is 41.5 Å². The Morgan fingerprint density at radius 2 is 2.15 bits per heavy atom. The number of nitrogens with one attached hydrogen (secondary N) is 1. The summed E-state index contributed by atoms with van der Waals surface area (Å²) in [4.78, 5) is 4.17. The van der Waals surface area contributed by atoms with E-state index < -0.39 is 0 Å². The number of nitriles is 1. The number of aryl methyl sites for hydroxylation is 1. The third-order valence-electron chi connectivity index (χ3n) is 3.60. The Hall–Kier alpha value is -2.18. The molecule has 100 valence electrons. The maximum atomic E-state index is 9.01. The molecule has 1 heterocycles. The van der Waals surface area contributed by atoms with Gasteiger partial charge in [-0.05, 0) is 37.0 Å². The topological polar surface area (TPSA) is 48.7 Å². The first-order valence-electron chi connectivity index (χ1n) is 6.95. The zero-order chi connectivity index (χ0) is 13.9. The highest BCUT2D eigenvalue weighted by Crippen LogP contribution is 2.26. The van der Waals surface area contributed by atoms with Gasteiger partial charge in [0.15, 0.2) is 0 Å². The second kappa shape index (κ2) is 5.44. The van der Waals surface area contributed by atoms with E-state index in [-0.39, 0.29) is 0 Å². The molecule has 3 heteroatoms. The van der Waals surface area contributed by atoms with E-state index in [0.29, 0.717) is 11.6 Å². The summed E-state index contributed by atoms with van der Waals surface area (Å²) in [6.07, 6.45) is 6.00. The minimum absolute atomic E-state index is 0.602. The van der Waals surface area contributed by atoms with E-state index in [0.717, 1.165) is 12.1 Å². The maximum Gasteiger partial charge on any atom is 0.101 e. The Balaban J connectivity index is 1.96. The predicted octanol–water partition coefficient (Wildman–Crippen LogP) is 3.18. The van der Waals surface area contributed by atoms with E-state index in [1.54, 1.807) is 6.20 Å². The van der Waals surface area contributed by atoms with Crippen molar-refractivity contribution in [2.45, 2.75) is 32.4 Å². The van der Waals surface area contributed by atoms with Crippen molar-refractivity contribution in [3.8, 4) is 17.2 Å². The van der Waals surface area contributed by atoms with Crippen LogP contribution >= 0.6 is 0 Å². The van der Waals surface area contributed by atoms with Crippen LogP contribution in [0.4, 0.5) is 0 Å². The largest absolute Gasteiger partial charge is 0.310 e. The fourth-order valence-corrected chi connectivity index (χ4v) is 2.30.